The van der Waals surface area contributed by atoms with Crippen molar-refractivity contribution in [3.05, 3.63) is 39.5 Å². The van der Waals surface area contributed by atoms with Gasteiger partial charge in [0.05, 0.1) is 23.4 Å². The highest BCUT2D eigenvalue weighted by Crippen LogP contribution is 2.28. The fraction of sp³-hybridized carbons (Fsp3) is 0.250. The molecule has 0 saturated carbocycles. The molecule has 1 aliphatic rings. The Morgan fingerprint density at radius 3 is 2.89 bits per heavy atom. The Kier molecular flexibility index (Phi) is 3.02. The fourth-order valence-electron chi connectivity index (χ4n) is 2.13. The molecule has 1 aromatic heterocycles. The standard InChI is InChI=1S/C12H10BrF2N3O/c13-7-3-11(9(15)4-8(7)14)18-10-1-2-19-5-6(10)12(16)17-18/h3-4H,1-2,5H2,(H2,16,17). The van der Waals surface area contributed by atoms with E-state index in [1.54, 1.807) is 0 Å². The highest BCUT2D eigenvalue weighted by molar-refractivity contribution is 9.10. The quantitative estimate of drug-likeness (QED) is 0.818. The van der Waals surface area contributed by atoms with Crippen LogP contribution in [0.2, 0.25) is 0 Å². The number of halogens is 3. The third-order valence-corrected chi connectivity index (χ3v) is 3.68. The molecular weight excluding hydrogens is 320 g/mol. The second-order valence-corrected chi connectivity index (χ2v) is 5.10. The van der Waals surface area contributed by atoms with E-state index in [4.69, 9.17) is 10.5 Å². The fourth-order valence-corrected chi connectivity index (χ4v) is 2.47. The predicted octanol–water partition coefficient (Wildman–Crippen LogP) is 2.57. The Balaban J connectivity index is 2.20. The Labute approximate surface area is 116 Å². The predicted molar refractivity (Wildman–Crippen MR) is 69.0 cm³/mol. The maximum atomic E-state index is 13.9. The zero-order chi connectivity index (χ0) is 13.6. The van der Waals surface area contributed by atoms with E-state index in [1.165, 1.54) is 10.7 Å². The van der Waals surface area contributed by atoms with Crippen LogP contribution in [-0.4, -0.2) is 16.4 Å². The Morgan fingerprint density at radius 2 is 2.11 bits per heavy atom. The van der Waals surface area contributed by atoms with Crippen molar-refractivity contribution in [2.75, 3.05) is 12.3 Å². The van der Waals surface area contributed by atoms with E-state index in [9.17, 15) is 8.78 Å². The van der Waals surface area contributed by atoms with Gasteiger partial charge in [-0.2, -0.15) is 0 Å². The first-order chi connectivity index (χ1) is 9.08. The van der Waals surface area contributed by atoms with Crippen molar-refractivity contribution >= 4 is 21.7 Å². The SMILES string of the molecule is Nc1nn(-c2cc(Br)c(F)cc2F)c2c1COCC2. The number of fused-ring (bicyclic) bond motifs is 1. The van der Waals surface area contributed by atoms with E-state index < -0.39 is 11.6 Å². The molecule has 0 aliphatic carbocycles. The number of ether oxygens (including phenoxy) is 1. The maximum Gasteiger partial charge on any atom is 0.151 e. The van der Waals surface area contributed by atoms with Gasteiger partial charge in [-0.05, 0) is 22.0 Å². The van der Waals surface area contributed by atoms with Gasteiger partial charge in [0.1, 0.15) is 11.5 Å². The summed E-state index contributed by atoms with van der Waals surface area (Å²) in [5.74, 6) is -1.02. The zero-order valence-electron chi connectivity index (χ0n) is 9.79. The van der Waals surface area contributed by atoms with Crippen molar-refractivity contribution in [1.29, 1.82) is 0 Å². The molecule has 4 nitrogen and oxygen atoms in total. The smallest absolute Gasteiger partial charge is 0.151 e. The molecule has 2 heterocycles. The first-order valence-corrected chi connectivity index (χ1v) is 6.46. The molecule has 0 radical (unpaired) electrons. The number of nitrogens with zero attached hydrogens (tertiary/aromatic N) is 2. The summed E-state index contributed by atoms with van der Waals surface area (Å²) < 4.78 is 34.1. The van der Waals surface area contributed by atoms with E-state index >= 15 is 0 Å². The van der Waals surface area contributed by atoms with Gasteiger partial charge in [-0.15, -0.1) is 5.10 Å². The maximum absolute atomic E-state index is 13.9. The van der Waals surface area contributed by atoms with E-state index in [0.29, 0.717) is 25.5 Å². The molecule has 0 spiro atoms. The van der Waals surface area contributed by atoms with Gasteiger partial charge in [0.15, 0.2) is 11.6 Å². The lowest BCUT2D eigenvalue weighted by molar-refractivity contribution is 0.110. The molecule has 2 aromatic rings. The minimum Gasteiger partial charge on any atom is -0.382 e. The average Bonchev–Trinajstić information content (AvgIpc) is 2.72. The van der Waals surface area contributed by atoms with Crippen LogP contribution < -0.4 is 5.73 Å². The lowest BCUT2D eigenvalue weighted by Gasteiger charge is -2.15. The molecule has 3 rings (SSSR count). The van der Waals surface area contributed by atoms with E-state index in [0.717, 1.165) is 17.3 Å². The minimum absolute atomic E-state index is 0.170. The van der Waals surface area contributed by atoms with Gasteiger partial charge in [-0.25, -0.2) is 13.5 Å². The number of rotatable bonds is 1. The van der Waals surface area contributed by atoms with Crippen LogP contribution in [0.5, 0.6) is 0 Å². The zero-order valence-corrected chi connectivity index (χ0v) is 11.4. The second kappa shape index (κ2) is 4.57. The summed E-state index contributed by atoms with van der Waals surface area (Å²) in [6.07, 6.45) is 0.591. The van der Waals surface area contributed by atoms with Crippen molar-refractivity contribution in [2.24, 2.45) is 0 Å². The molecule has 7 heteroatoms. The monoisotopic (exact) mass is 329 g/mol. The van der Waals surface area contributed by atoms with Crippen LogP contribution >= 0.6 is 15.9 Å². The van der Waals surface area contributed by atoms with Crippen molar-refractivity contribution < 1.29 is 13.5 Å². The summed E-state index contributed by atoms with van der Waals surface area (Å²) in [6.45, 7) is 0.896. The summed E-state index contributed by atoms with van der Waals surface area (Å²) >= 11 is 3.04. The average molecular weight is 330 g/mol. The molecule has 2 N–H and O–H groups in total. The number of hydrogen-bond acceptors (Lipinski definition) is 3. The first kappa shape index (κ1) is 12.6. The van der Waals surface area contributed by atoms with E-state index in [1.807, 2.05) is 0 Å². The summed E-state index contributed by atoms with van der Waals surface area (Å²) in [6, 6.07) is 2.18. The van der Waals surface area contributed by atoms with Crippen molar-refractivity contribution in [2.45, 2.75) is 13.0 Å². The van der Waals surface area contributed by atoms with Crippen LogP contribution in [-0.2, 0) is 17.8 Å². The summed E-state index contributed by atoms with van der Waals surface area (Å²) in [4.78, 5) is 0. The highest BCUT2D eigenvalue weighted by Gasteiger charge is 2.22. The molecule has 100 valence electrons. The summed E-state index contributed by atoms with van der Waals surface area (Å²) in [5.41, 5.74) is 7.54. The van der Waals surface area contributed by atoms with Crippen LogP contribution in [0.4, 0.5) is 14.6 Å². The summed E-state index contributed by atoms with van der Waals surface area (Å²) in [7, 11) is 0. The van der Waals surface area contributed by atoms with Gasteiger partial charge in [0.25, 0.3) is 0 Å². The Hall–Kier alpha value is -1.47. The van der Waals surface area contributed by atoms with Crippen molar-refractivity contribution in [3.63, 3.8) is 0 Å². The topological polar surface area (TPSA) is 53.1 Å². The molecule has 0 saturated heterocycles. The number of anilines is 1. The van der Waals surface area contributed by atoms with Gasteiger partial charge in [0.2, 0.25) is 0 Å². The molecule has 1 aromatic carbocycles. The third-order valence-electron chi connectivity index (χ3n) is 3.07. The number of aromatic nitrogens is 2. The normalized spacial score (nSPS) is 14.5. The molecule has 0 atom stereocenters. The molecule has 0 bridgehead atoms. The molecule has 0 unspecified atom stereocenters. The van der Waals surface area contributed by atoms with Crippen LogP contribution in [0.1, 0.15) is 11.3 Å². The molecule has 19 heavy (non-hydrogen) atoms. The summed E-state index contributed by atoms with van der Waals surface area (Å²) in [5, 5.41) is 4.13. The number of nitrogens with two attached hydrogens (primary N) is 1. The van der Waals surface area contributed by atoms with E-state index in [-0.39, 0.29) is 10.2 Å². The molecular formula is C12H10BrF2N3O. The van der Waals surface area contributed by atoms with Gasteiger partial charge < -0.3 is 10.5 Å². The van der Waals surface area contributed by atoms with E-state index in [2.05, 4.69) is 21.0 Å². The van der Waals surface area contributed by atoms with Crippen LogP contribution in [0.15, 0.2) is 16.6 Å². The number of benzene rings is 1. The molecule has 0 amide bonds. The third kappa shape index (κ3) is 2.02. The Morgan fingerprint density at radius 1 is 1.32 bits per heavy atom. The second-order valence-electron chi connectivity index (χ2n) is 4.24. The van der Waals surface area contributed by atoms with Crippen LogP contribution in [0.3, 0.4) is 0 Å². The lowest BCUT2D eigenvalue weighted by Crippen LogP contribution is -2.14. The van der Waals surface area contributed by atoms with Crippen LogP contribution in [0, 0.1) is 11.6 Å². The van der Waals surface area contributed by atoms with Crippen molar-refractivity contribution in [1.82, 2.24) is 9.78 Å². The lowest BCUT2D eigenvalue weighted by atomic mass is 10.1. The minimum atomic E-state index is -0.683. The number of nitrogen functional groups attached to an aromatic ring is 1. The van der Waals surface area contributed by atoms with Crippen LogP contribution in [0.25, 0.3) is 5.69 Å². The number of hydrogen-bond donors (Lipinski definition) is 1. The first-order valence-electron chi connectivity index (χ1n) is 5.67. The van der Waals surface area contributed by atoms with Gasteiger partial charge in [-0.3, -0.25) is 0 Å². The molecule has 0 fully saturated rings. The van der Waals surface area contributed by atoms with Gasteiger partial charge >= 0.3 is 0 Å². The van der Waals surface area contributed by atoms with Gasteiger partial charge in [0, 0.05) is 18.1 Å². The Bertz CT molecular complexity index is 657. The highest BCUT2D eigenvalue weighted by atomic mass is 79.9. The van der Waals surface area contributed by atoms with Gasteiger partial charge in [-0.1, -0.05) is 0 Å². The van der Waals surface area contributed by atoms with Crippen molar-refractivity contribution in [3.8, 4) is 5.69 Å². The molecule has 1 aliphatic heterocycles. The largest absolute Gasteiger partial charge is 0.382 e.